The van der Waals surface area contributed by atoms with Crippen LogP contribution in [0.4, 0.5) is 0 Å². The number of carbonyl (C=O) groups is 1. The topological polar surface area (TPSA) is 83.3 Å². The molecule has 0 unspecified atom stereocenters. The summed E-state index contributed by atoms with van der Waals surface area (Å²) in [5.74, 6) is 0.0998. The van der Waals surface area contributed by atoms with Crippen molar-refractivity contribution in [3.63, 3.8) is 0 Å². The van der Waals surface area contributed by atoms with Crippen molar-refractivity contribution in [2.45, 2.75) is 0 Å². The minimum atomic E-state index is -0.437. The molecule has 0 aliphatic rings. The van der Waals surface area contributed by atoms with Crippen LogP contribution in [0.1, 0.15) is 15.2 Å². The van der Waals surface area contributed by atoms with E-state index in [0.717, 1.165) is 26.8 Å². The van der Waals surface area contributed by atoms with Crippen molar-refractivity contribution >= 4 is 27.2 Å². The number of hydrogen-bond acceptors (Lipinski definition) is 5. The first-order chi connectivity index (χ1) is 14.6. The highest BCUT2D eigenvalue weighted by molar-refractivity contribution is 7.21. The number of fused-ring (bicyclic) bond motifs is 1. The summed E-state index contributed by atoms with van der Waals surface area (Å²) in [4.78, 5) is 25.2. The van der Waals surface area contributed by atoms with Gasteiger partial charge in [0.05, 0.1) is 16.6 Å². The lowest BCUT2D eigenvalue weighted by Gasteiger charge is -2.06. The zero-order valence-corrected chi connectivity index (χ0v) is 16.4. The van der Waals surface area contributed by atoms with Crippen LogP contribution in [-0.2, 0) is 0 Å². The first-order valence-electron chi connectivity index (χ1n) is 9.25. The SMILES string of the molecule is O=C(c1ccccc1)c1sc2cc(O)ccc2c1-c1ccc(-c2cc(=O)o[nH]2)cc1. The second-order valence-corrected chi connectivity index (χ2v) is 7.89. The fourth-order valence-corrected chi connectivity index (χ4v) is 4.71. The zero-order chi connectivity index (χ0) is 20.7. The lowest BCUT2D eigenvalue weighted by atomic mass is 9.97. The Morgan fingerprint density at radius 3 is 2.33 bits per heavy atom. The highest BCUT2D eigenvalue weighted by Gasteiger charge is 2.21. The van der Waals surface area contributed by atoms with Crippen molar-refractivity contribution in [2.24, 2.45) is 0 Å². The molecule has 0 saturated carbocycles. The number of aromatic nitrogens is 1. The van der Waals surface area contributed by atoms with E-state index in [1.54, 1.807) is 24.3 Å². The first kappa shape index (κ1) is 18.1. The zero-order valence-electron chi connectivity index (χ0n) is 15.6. The lowest BCUT2D eigenvalue weighted by molar-refractivity contribution is 0.104. The molecule has 0 aliphatic carbocycles. The Morgan fingerprint density at radius 2 is 1.63 bits per heavy atom. The van der Waals surface area contributed by atoms with Crippen molar-refractivity contribution in [2.75, 3.05) is 0 Å². The number of ketones is 1. The van der Waals surface area contributed by atoms with Gasteiger partial charge in [-0.25, -0.2) is 9.95 Å². The van der Waals surface area contributed by atoms with Crippen molar-refractivity contribution in [3.05, 3.63) is 99.7 Å². The van der Waals surface area contributed by atoms with Crippen LogP contribution < -0.4 is 5.63 Å². The van der Waals surface area contributed by atoms with Gasteiger partial charge in [0.2, 0.25) is 5.78 Å². The van der Waals surface area contributed by atoms with Crippen LogP contribution >= 0.6 is 11.3 Å². The van der Waals surface area contributed by atoms with E-state index in [9.17, 15) is 14.7 Å². The number of aromatic amines is 1. The summed E-state index contributed by atoms with van der Waals surface area (Å²) in [6, 6.07) is 23.2. The van der Waals surface area contributed by atoms with E-state index in [1.807, 2.05) is 48.5 Å². The maximum Gasteiger partial charge on any atom is 0.357 e. The summed E-state index contributed by atoms with van der Waals surface area (Å²) in [7, 11) is 0. The average Bonchev–Trinajstić information content (AvgIpc) is 3.37. The Bertz CT molecular complexity index is 1430. The van der Waals surface area contributed by atoms with Crippen LogP contribution in [-0.4, -0.2) is 16.0 Å². The molecular formula is C24H15NO4S. The summed E-state index contributed by atoms with van der Waals surface area (Å²) >= 11 is 1.37. The van der Waals surface area contributed by atoms with E-state index in [0.29, 0.717) is 16.1 Å². The number of H-pyrrole nitrogens is 1. The number of carbonyl (C=O) groups excluding carboxylic acids is 1. The molecule has 2 N–H and O–H groups in total. The molecule has 2 aromatic heterocycles. The van der Waals surface area contributed by atoms with Crippen LogP contribution in [0.2, 0.25) is 0 Å². The molecule has 5 aromatic rings. The third-order valence-electron chi connectivity index (χ3n) is 4.92. The van der Waals surface area contributed by atoms with Gasteiger partial charge in [0.1, 0.15) is 5.75 Å². The van der Waals surface area contributed by atoms with E-state index in [2.05, 4.69) is 5.16 Å². The molecule has 6 heteroatoms. The third kappa shape index (κ3) is 3.13. The van der Waals surface area contributed by atoms with Gasteiger partial charge in [0.15, 0.2) is 0 Å². The molecule has 0 aliphatic heterocycles. The van der Waals surface area contributed by atoms with E-state index >= 15 is 0 Å². The van der Waals surface area contributed by atoms with E-state index in [-0.39, 0.29) is 11.5 Å². The highest BCUT2D eigenvalue weighted by Crippen LogP contribution is 2.41. The van der Waals surface area contributed by atoms with Gasteiger partial charge >= 0.3 is 5.63 Å². The van der Waals surface area contributed by atoms with Crippen LogP contribution in [0, 0.1) is 0 Å². The molecule has 0 bridgehead atoms. The molecule has 0 amide bonds. The highest BCUT2D eigenvalue weighted by atomic mass is 32.1. The fourth-order valence-electron chi connectivity index (χ4n) is 3.49. The molecule has 2 heterocycles. The second kappa shape index (κ2) is 7.17. The molecular weight excluding hydrogens is 398 g/mol. The van der Waals surface area contributed by atoms with Gasteiger partial charge in [-0.15, -0.1) is 11.3 Å². The monoisotopic (exact) mass is 413 g/mol. The number of thiophene rings is 1. The van der Waals surface area contributed by atoms with Crippen molar-refractivity contribution in [1.29, 1.82) is 0 Å². The summed E-state index contributed by atoms with van der Waals surface area (Å²) in [6.45, 7) is 0. The summed E-state index contributed by atoms with van der Waals surface area (Å²) in [6.07, 6.45) is 0. The Hall–Kier alpha value is -3.90. The quantitative estimate of drug-likeness (QED) is 0.384. The third-order valence-corrected chi connectivity index (χ3v) is 6.08. The van der Waals surface area contributed by atoms with Gasteiger partial charge in [0.25, 0.3) is 0 Å². The second-order valence-electron chi connectivity index (χ2n) is 6.84. The summed E-state index contributed by atoms with van der Waals surface area (Å²) in [5.41, 5.74) is 3.28. The number of benzene rings is 3. The van der Waals surface area contributed by atoms with Crippen LogP contribution in [0.3, 0.4) is 0 Å². The van der Waals surface area contributed by atoms with Crippen LogP contribution in [0.25, 0.3) is 32.5 Å². The molecule has 5 rings (SSSR count). The minimum Gasteiger partial charge on any atom is -0.508 e. The molecule has 0 fully saturated rings. The number of phenols is 1. The molecule has 0 spiro atoms. The van der Waals surface area contributed by atoms with Gasteiger partial charge in [-0.2, -0.15) is 0 Å². The number of phenolic OH excluding ortho intramolecular Hbond substituents is 1. The minimum absolute atomic E-state index is 0.0606. The lowest BCUT2D eigenvalue weighted by Crippen LogP contribution is -2.00. The average molecular weight is 413 g/mol. The Balaban J connectivity index is 1.67. The molecule has 146 valence electrons. The Morgan fingerprint density at radius 1 is 0.900 bits per heavy atom. The summed E-state index contributed by atoms with van der Waals surface area (Å²) in [5, 5.41) is 13.4. The smallest absolute Gasteiger partial charge is 0.357 e. The molecule has 5 nitrogen and oxygen atoms in total. The Kier molecular flexibility index (Phi) is 4.34. The largest absolute Gasteiger partial charge is 0.508 e. The molecule has 0 radical (unpaired) electrons. The predicted octanol–water partition coefficient (Wildman–Crippen LogP) is 5.45. The van der Waals surface area contributed by atoms with Gasteiger partial charge in [-0.05, 0) is 23.8 Å². The number of aromatic hydroxyl groups is 1. The van der Waals surface area contributed by atoms with E-state index < -0.39 is 5.63 Å². The van der Waals surface area contributed by atoms with E-state index in [4.69, 9.17) is 4.52 Å². The maximum absolute atomic E-state index is 13.3. The predicted molar refractivity (Wildman–Crippen MR) is 117 cm³/mol. The molecule has 3 aromatic carbocycles. The van der Waals surface area contributed by atoms with Gasteiger partial charge in [-0.1, -0.05) is 54.6 Å². The maximum atomic E-state index is 13.3. The van der Waals surface area contributed by atoms with E-state index in [1.165, 1.54) is 17.4 Å². The first-order valence-corrected chi connectivity index (χ1v) is 10.1. The van der Waals surface area contributed by atoms with Crippen LogP contribution in [0.15, 0.2) is 88.2 Å². The molecule has 0 saturated heterocycles. The molecule has 30 heavy (non-hydrogen) atoms. The van der Waals surface area contributed by atoms with Gasteiger partial charge in [0, 0.05) is 26.8 Å². The Labute approximate surface area is 174 Å². The number of rotatable bonds is 4. The standard InChI is InChI=1S/C24H15NO4S/c26-17-10-11-18-20(12-17)30-24(23(28)16-4-2-1-3-5-16)22(18)15-8-6-14(7-9-15)19-13-21(27)29-25-19/h1-13,25-26H. The normalized spacial score (nSPS) is 11.1. The summed E-state index contributed by atoms with van der Waals surface area (Å²) < 4.78 is 5.58. The van der Waals surface area contributed by atoms with Crippen LogP contribution in [0.5, 0.6) is 5.75 Å². The number of nitrogens with one attached hydrogen (secondary N) is 1. The van der Waals surface area contributed by atoms with Crippen molar-refractivity contribution in [3.8, 4) is 28.1 Å². The molecule has 0 atom stereocenters. The van der Waals surface area contributed by atoms with Gasteiger partial charge in [-0.3, -0.25) is 4.79 Å². The van der Waals surface area contributed by atoms with Crippen molar-refractivity contribution in [1.82, 2.24) is 5.16 Å². The number of hydrogen-bond donors (Lipinski definition) is 2. The van der Waals surface area contributed by atoms with Crippen molar-refractivity contribution < 1.29 is 14.4 Å². The fraction of sp³-hybridized carbons (Fsp3) is 0. The van der Waals surface area contributed by atoms with Gasteiger partial charge < -0.3 is 9.63 Å².